The van der Waals surface area contributed by atoms with Crippen LogP contribution in [-0.2, 0) is 9.53 Å². The van der Waals surface area contributed by atoms with Gasteiger partial charge in [-0.25, -0.2) is 0 Å². The van der Waals surface area contributed by atoms with E-state index in [1.54, 1.807) is 0 Å². The first-order valence-corrected chi connectivity index (χ1v) is 3.64. The van der Waals surface area contributed by atoms with Gasteiger partial charge in [0, 0.05) is 12.5 Å². The van der Waals surface area contributed by atoms with Crippen molar-refractivity contribution in [1.82, 2.24) is 0 Å². The molecule has 0 aliphatic heterocycles. The highest BCUT2D eigenvalue weighted by Gasteiger charge is 2.03. The van der Waals surface area contributed by atoms with Gasteiger partial charge >= 0.3 is 5.97 Å². The summed E-state index contributed by atoms with van der Waals surface area (Å²) in [5, 5.41) is 8.52. The largest absolute Gasteiger partial charge is 0.469 e. The maximum Gasteiger partial charge on any atom is 0.305 e. The molecule has 0 heterocycles. The molecule has 0 aromatic heterocycles. The first-order valence-electron chi connectivity index (χ1n) is 3.64. The van der Waals surface area contributed by atoms with Gasteiger partial charge in [-0.2, -0.15) is 0 Å². The SMILES string of the molecule is COC(=O)CCCC(N)CO. The molecule has 0 saturated carbocycles. The second kappa shape index (κ2) is 6.12. The van der Waals surface area contributed by atoms with Crippen LogP contribution in [-0.4, -0.2) is 30.8 Å². The lowest BCUT2D eigenvalue weighted by molar-refractivity contribution is -0.140. The minimum Gasteiger partial charge on any atom is -0.469 e. The number of ether oxygens (including phenoxy) is 1. The van der Waals surface area contributed by atoms with Gasteiger partial charge in [0.2, 0.25) is 0 Å². The van der Waals surface area contributed by atoms with Gasteiger partial charge in [0.05, 0.1) is 13.7 Å². The van der Waals surface area contributed by atoms with Gasteiger partial charge < -0.3 is 15.6 Å². The normalized spacial score (nSPS) is 12.6. The fraction of sp³-hybridized carbons (Fsp3) is 0.857. The molecule has 0 aromatic rings. The Hall–Kier alpha value is -0.610. The third-order valence-electron chi connectivity index (χ3n) is 1.42. The lowest BCUT2D eigenvalue weighted by Gasteiger charge is -2.05. The number of aliphatic hydroxyl groups excluding tert-OH is 1. The van der Waals surface area contributed by atoms with E-state index in [1.165, 1.54) is 7.11 Å². The number of carbonyl (C=O) groups is 1. The van der Waals surface area contributed by atoms with E-state index in [1.807, 2.05) is 0 Å². The molecule has 3 N–H and O–H groups in total. The molecule has 0 bridgehead atoms. The summed E-state index contributed by atoms with van der Waals surface area (Å²) in [6, 6.07) is -0.209. The first kappa shape index (κ1) is 10.4. The highest BCUT2D eigenvalue weighted by atomic mass is 16.5. The topological polar surface area (TPSA) is 72.5 Å². The van der Waals surface area contributed by atoms with Gasteiger partial charge in [-0.15, -0.1) is 0 Å². The molecule has 4 nitrogen and oxygen atoms in total. The van der Waals surface area contributed by atoms with Crippen LogP contribution < -0.4 is 5.73 Å². The van der Waals surface area contributed by atoms with Crippen molar-refractivity contribution in [3.8, 4) is 0 Å². The molecule has 0 fully saturated rings. The summed E-state index contributed by atoms with van der Waals surface area (Å²) in [5.74, 6) is -0.227. The van der Waals surface area contributed by atoms with Crippen LogP contribution in [0.5, 0.6) is 0 Å². The Bertz CT molecular complexity index is 116. The minimum absolute atomic E-state index is 0.0266. The lowest BCUT2D eigenvalue weighted by Crippen LogP contribution is -2.24. The van der Waals surface area contributed by atoms with Gasteiger partial charge in [-0.3, -0.25) is 4.79 Å². The predicted molar refractivity (Wildman–Crippen MR) is 40.9 cm³/mol. The molecular formula is C7H15NO3. The van der Waals surface area contributed by atoms with E-state index in [9.17, 15) is 4.79 Å². The number of nitrogens with two attached hydrogens (primary N) is 1. The van der Waals surface area contributed by atoms with E-state index in [-0.39, 0.29) is 18.6 Å². The number of rotatable bonds is 5. The average molecular weight is 161 g/mol. The number of aliphatic hydroxyl groups is 1. The van der Waals surface area contributed by atoms with E-state index < -0.39 is 0 Å². The van der Waals surface area contributed by atoms with Crippen molar-refractivity contribution in [3.63, 3.8) is 0 Å². The molecule has 0 aromatic carbocycles. The highest BCUT2D eigenvalue weighted by molar-refractivity contribution is 5.68. The van der Waals surface area contributed by atoms with E-state index in [2.05, 4.69) is 4.74 Å². The molecule has 1 atom stereocenters. The summed E-state index contributed by atoms with van der Waals surface area (Å²) in [6.07, 6.45) is 1.71. The minimum atomic E-state index is -0.227. The Morgan fingerprint density at radius 2 is 2.36 bits per heavy atom. The molecule has 0 amide bonds. The summed E-state index contributed by atoms with van der Waals surface area (Å²) in [4.78, 5) is 10.6. The Morgan fingerprint density at radius 1 is 1.73 bits per heavy atom. The Labute approximate surface area is 66.3 Å². The van der Waals surface area contributed by atoms with Crippen molar-refractivity contribution in [2.45, 2.75) is 25.3 Å². The van der Waals surface area contributed by atoms with Crippen LogP contribution in [0.15, 0.2) is 0 Å². The summed E-state index contributed by atoms with van der Waals surface area (Å²) in [7, 11) is 1.36. The molecule has 0 rings (SSSR count). The molecular weight excluding hydrogens is 146 g/mol. The van der Waals surface area contributed by atoms with Crippen molar-refractivity contribution >= 4 is 5.97 Å². The molecule has 1 unspecified atom stereocenters. The van der Waals surface area contributed by atoms with Crippen LogP contribution in [0.3, 0.4) is 0 Å². The fourth-order valence-electron chi connectivity index (χ4n) is 0.702. The van der Waals surface area contributed by atoms with E-state index >= 15 is 0 Å². The smallest absolute Gasteiger partial charge is 0.305 e. The zero-order valence-electron chi connectivity index (χ0n) is 6.75. The fourth-order valence-corrected chi connectivity index (χ4v) is 0.702. The molecule has 0 aliphatic rings. The zero-order valence-corrected chi connectivity index (χ0v) is 6.75. The van der Waals surface area contributed by atoms with Crippen LogP contribution in [0.25, 0.3) is 0 Å². The quantitative estimate of drug-likeness (QED) is 0.540. The van der Waals surface area contributed by atoms with Gasteiger partial charge in [0.25, 0.3) is 0 Å². The lowest BCUT2D eigenvalue weighted by atomic mass is 10.1. The predicted octanol–water partition coefficient (Wildman–Crippen LogP) is -0.351. The summed E-state index contributed by atoms with van der Waals surface area (Å²) in [6.45, 7) is -0.0266. The number of carbonyl (C=O) groups excluding carboxylic acids is 1. The van der Waals surface area contributed by atoms with Crippen molar-refractivity contribution in [1.29, 1.82) is 0 Å². The van der Waals surface area contributed by atoms with Gasteiger partial charge in [-0.1, -0.05) is 0 Å². The van der Waals surface area contributed by atoms with Crippen LogP contribution in [0, 0.1) is 0 Å². The van der Waals surface area contributed by atoms with Gasteiger partial charge in [0.1, 0.15) is 0 Å². The van der Waals surface area contributed by atoms with Crippen molar-refractivity contribution < 1.29 is 14.6 Å². The number of hydrogen-bond donors (Lipinski definition) is 2. The van der Waals surface area contributed by atoms with Gasteiger partial charge in [-0.05, 0) is 12.8 Å². The standard InChI is InChI=1S/C7H15NO3/c1-11-7(10)4-2-3-6(8)5-9/h6,9H,2-5,8H2,1H3. The Balaban J connectivity index is 3.20. The van der Waals surface area contributed by atoms with E-state index in [0.717, 1.165) is 0 Å². The zero-order chi connectivity index (χ0) is 8.69. The summed E-state index contributed by atoms with van der Waals surface area (Å²) in [5.41, 5.74) is 5.40. The molecule has 11 heavy (non-hydrogen) atoms. The number of methoxy groups -OCH3 is 1. The van der Waals surface area contributed by atoms with Crippen LogP contribution in [0.1, 0.15) is 19.3 Å². The summed E-state index contributed by atoms with van der Waals surface area (Å²) < 4.78 is 4.42. The monoisotopic (exact) mass is 161 g/mol. The van der Waals surface area contributed by atoms with Gasteiger partial charge in [0.15, 0.2) is 0 Å². The van der Waals surface area contributed by atoms with Crippen molar-refractivity contribution in [2.24, 2.45) is 5.73 Å². The van der Waals surface area contributed by atoms with Crippen molar-refractivity contribution in [3.05, 3.63) is 0 Å². The maximum atomic E-state index is 10.6. The first-order chi connectivity index (χ1) is 5.20. The molecule has 0 saturated heterocycles. The van der Waals surface area contributed by atoms with Crippen LogP contribution in [0.4, 0.5) is 0 Å². The molecule has 0 radical (unpaired) electrons. The highest BCUT2D eigenvalue weighted by Crippen LogP contribution is 1.99. The third-order valence-corrected chi connectivity index (χ3v) is 1.42. The summed E-state index contributed by atoms with van der Waals surface area (Å²) >= 11 is 0. The van der Waals surface area contributed by atoms with E-state index in [0.29, 0.717) is 19.3 Å². The third kappa shape index (κ3) is 5.82. The number of esters is 1. The molecule has 4 heteroatoms. The second-order valence-electron chi connectivity index (χ2n) is 2.41. The molecule has 0 spiro atoms. The average Bonchev–Trinajstić information content (AvgIpc) is 2.04. The van der Waals surface area contributed by atoms with Crippen molar-refractivity contribution in [2.75, 3.05) is 13.7 Å². The maximum absolute atomic E-state index is 10.6. The Kier molecular flexibility index (Phi) is 5.78. The van der Waals surface area contributed by atoms with Crippen LogP contribution in [0.2, 0.25) is 0 Å². The molecule has 0 aliphatic carbocycles. The second-order valence-corrected chi connectivity index (χ2v) is 2.41. The van der Waals surface area contributed by atoms with E-state index in [4.69, 9.17) is 10.8 Å². The molecule has 66 valence electrons. The van der Waals surface area contributed by atoms with Crippen LogP contribution >= 0.6 is 0 Å². The number of hydrogen-bond acceptors (Lipinski definition) is 4. The Morgan fingerprint density at radius 3 is 2.82 bits per heavy atom.